The molecular formula is C20H30BrN3O7. The molecule has 0 aliphatic carbocycles. The summed E-state index contributed by atoms with van der Waals surface area (Å²) in [7, 11) is 0. The van der Waals surface area contributed by atoms with E-state index in [2.05, 4.69) is 26.1 Å². The van der Waals surface area contributed by atoms with Crippen molar-refractivity contribution in [1.29, 1.82) is 0 Å². The topological polar surface area (TPSA) is 118 Å². The van der Waals surface area contributed by atoms with Crippen molar-refractivity contribution in [2.75, 3.05) is 59.2 Å². The third-order valence-corrected chi connectivity index (χ3v) is 7.61. The molecule has 174 valence electrons. The van der Waals surface area contributed by atoms with Crippen LogP contribution in [-0.2, 0) is 28.6 Å². The molecule has 6 atom stereocenters. The molecule has 2 bridgehead atoms. The van der Waals surface area contributed by atoms with Gasteiger partial charge in [0.25, 0.3) is 0 Å². The fourth-order valence-corrected chi connectivity index (χ4v) is 6.49. The molecule has 4 aliphatic heterocycles. The molecule has 0 saturated carbocycles. The number of β-amino-alcohol motifs (C(OH)–C–C–N with tert-alkyl or cyclic N) is 1. The lowest BCUT2D eigenvalue weighted by Gasteiger charge is -2.34. The van der Waals surface area contributed by atoms with Gasteiger partial charge in [-0.25, -0.2) is 0 Å². The minimum absolute atomic E-state index is 0.00909. The van der Waals surface area contributed by atoms with Gasteiger partial charge in [0.05, 0.1) is 44.4 Å². The number of nitrogens with zero attached hydrogens (tertiary/aromatic N) is 2. The number of aliphatic hydroxyl groups excluding tert-OH is 1. The zero-order valence-electron chi connectivity index (χ0n) is 17.6. The Labute approximate surface area is 189 Å². The zero-order chi connectivity index (χ0) is 22.2. The van der Waals surface area contributed by atoms with Crippen molar-refractivity contribution >= 4 is 33.7 Å². The van der Waals surface area contributed by atoms with Gasteiger partial charge in [-0.2, -0.15) is 0 Å². The molecule has 4 aliphatic rings. The summed E-state index contributed by atoms with van der Waals surface area (Å²) in [5.41, 5.74) is -1.11. The average Bonchev–Trinajstić information content (AvgIpc) is 3.33. The van der Waals surface area contributed by atoms with Crippen molar-refractivity contribution < 1.29 is 33.7 Å². The smallest absolute Gasteiger partial charge is 0.312 e. The van der Waals surface area contributed by atoms with Crippen LogP contribution in [0.2, 0.25) is 0 Å². The van der Waals surface area contributed by atoms with Gasteiger partial charge in [-0.15, -0.1) is 0 Å². The van der Waals surface area contributed by atoms with E-state index in [-0.39, 0.29) is 36.4 Å². The SMILES string of the molecule is CCOC(=O)[C@H]1[C@@H]2OC3(CC2Br)C(C(=O)NCCN2CCOCC2)N(CCO)C(=O)[C@H]13. The van der Waals surface area contributed by atoms with Gasteiger partial charge in [0.1, 0.15) is 11.6 Å². The van der Waals surface area contributed by atoms with Gasteiger partial charge in [0.2, 0.25) is 11.8 Å². The Balaban J connectivity index is 1.53. The first-order valence-corrected chi connectivity index (χ1v) is 11.8. The van der Waals surface area contributed by atoms with Crippen LogP contribution in [0, 0.1) is 11.8 Å². The number of halogens is 1. The molecule has 4 saturated heterocycles. The number of fused-ring (bicyclic) bond motifs is 1. The van der Waals surface area contributed by atoms with Crippen LogP contribution in [0.5, 0.6) is 0 Å². The van der Waals surface area contributed by atoms with Crippen LogP contribution in [0.3, 0.4) is 0 Å². The van der Waals surface area contributed by atoms with Gasteiger partial charge < -0.3 is 29.5 Å². The minimum atomic E-state index is -1.11. The molecule has 31 heavy (non-hydrogen) atoms. The molecule has 11 heteroatoms. The van der Waals surface area contributed by atoms with Gasteiger partial charge in [-0.3, -0.25) is 19.3 Å². The molecule has 1 spiro atoms. The number of nitrogens with one attached hydrogen (secondary N) is 1. The van der Waals surface area contributed by atoms with Crippen LogP contribution < -0.4 is 5.32 Å². The monoisotopic (exact) mass is 503 g/mol. The van der Waals surface area contributed by atoms with Crippen LogP contribution in [0.15, 0.2) is 0 Å². The third kappa shape index (κ3) is 3.88. The van der Waals surface area contributed by atoms with Crippen molar-refractivity contribution in [3.63, 3.8) is 0 Å². The normalized spacial score (nSPS) is 37.2. The molecule has 3 unspecified atom stereocenters. The van der Waals surface area contributed by atoms with E-state index >= 15 is 0 Å². The second-order valence-electron chi connectivity index (χ2n) is 8.42. The Morgan fingerprint density at radius 2 is 2.06 bits per heavy atom. The summed E-state index contributed by atoms with van der Waals surface area (Å²) in [5.74, 6) is -2.68. The Hall–Kier alpha value is -1.27. The van der Waals surface area contributed by atoms with Crippen LogP contribution in [0.4, 0.5) is 0 Å². The van der Waals surface area contributed by atoms with Gasteiger partial charge in [0.15, 0.2) is 0 Å². The molecule has 0 aromatic rings. The first-order chi connectivity index (χ1) is 14.9. The number of hydrogen-bond acceptors (Lipinski definition) is 8. The van der Waals surface area contributed by atoms with E-state index in [4.69, 9.17) is 14.2 Å². The van der Waals surface area contributed by atoms with Crippen LogP contribution in [-0.4, -0.2) is 114 Å². The number of aliphatic hydroxyl groups is 1. The summed E-state index contributed by atoms with van der Waals surface area (Å²) >= 11 is 3.58. The quantitative estimate of drug-likeness (QED) is 0.311. The summed E-state index contributed by atoms with van der Waals surface area (Å²) < 4.78 is 16.8. The van der Waals surface area contributed by atoms with Crippen LogP contribution in [0.1, 0.15) is 13.3 Å². The Morgan fingerprint density at radius 3 is 2.74 bits per heavy atom. The number of likely N-dealkylation sites (tertiary alicyclic amines) is 1. The number of carbonyl (C=O) groups excluding carboxylic acids is 3. The maximum Gasteiger partial charge on any atom is 0.312 e. The summed E-state index contributed by atoms with van der Waals surface area (Å²) in [6.07, 6.45) is -0.0825. The van der Waals surface area contributed by atoms with Crippen LogP contribution in [0.25, 0.3) is 0 Å². The zero-order valence-corrected chi connectivity index (χ0v) is 19.2. The molecule has 4 rings (SSSR count). The Kier molecular flexibility index (Phi) is 6.87. The minimum Gasteiger partial charge on any atom is -0.466 e. The number of hydrogen-bond donors (Lipinski definition) is 2. The molecule has 4 fully saturated rings. The van der Waals surface area contributed by atoms with Crippen molar-refractivity contribution in [2.45, 2.75) is 35.9 Å². The van der Waals surface area contributed by atoms with E-state index in [1.54, 1.807) is 6.92 Å². The third-order valence-electron chi connectivity index (χ3n) is 6.77. The largest absolute Gasteiger partial charge is 0.466 e. The predicted molar refractivity (Wildman–Crippen MR) is 111 cm³/mol. The van der Waals surface area contributed by atoms with Gasteiger partial charge in [-0.05, 0) is 13.3 Å². The molecule has 0 aromatic heterocycles. The van der Waals surface area contributed by atoms with E-state index in [1.165, 1.54) is 4.90 Å². The molecule has 0 radical (unpaired) electrons. The van der Waals surface area contributed by atoms with E-state index in [0.29, 0.717) is 32.7 Å². The summed E-state index contributed by atoms with van der Waals surface area (Å²) in [6, 6.07) is -0.897. The fraction of sp³-hybridized carbons (Fsp3) is 0.850. The molecule has 2 N–H and O–H groups in total. The lowest BCUT2D eigenvalue weighted by molar-refractivity contribution is -0.154. The van der Waals surface area contributed by atoms with Gasteiger partial charge in [-0.1, -0.05) is 15.9 Å². The number of esters is 1. The van der Waals surface area contributed by atoms with Gasteiger partial charge in [0, 0.05) is 37.6 Å². The van der Waals surface area contributed by atoms with Gasteiger partial charge >= 0.3 is 5.97 Å². The summed E-state index contributed by atoms with van der Waals surface area (Å²) in [5, 5.41) is 12.5. The van der Waals surface area contributed by atoms with E-state index in [9.17, 15) is 19.5 Å². The molecule has 0 aromatic carbocycles. The number of carbonyl (C=O) groups is 3. The van der Waals surface area contributed by atoms with Crippen molar-refractivity contribution in [3.8, 4) is 0 Å². The number of alkyl halides is 1. The molecular weight excluding hydrogens is 474 g/mol. The number of morpholine rings is 1. The van der Waals surface area contributed by atoms with Crippen molar-refractivity contribution in [2.24, 2.45) is 11.8 Å². The second kappa shape index (κ2) is 9.30. The molecule has 4 heterocycles. The van der Waals surface area contributed by atoms with E-state index in [1.807, 2.05) is 0 Å². The first kappa shape index (κ1) is 22.9. The Bertz CT molecular complexity index is 719. The standard InChI is InChI=1S/C20H30BrN3O7/c1-2-30-19(28)13-14-18(27)24(5-8-25)16(20(14)11-12(21)15(13)31-20)17(26)22-3-4-23-6-9-29-10-7-23/h12-16,25H,2-11H2,1H3,(H,22,26)/t12?,13-,14+,15-,16?,20?/m1/s1. The number of rotatable bonds is 8. The lowest BCUT2D eigenvalue weighted by Crippen LogP contribution is -2.56. The Morgan fingerprint density at radius 1 is 1.32 bits per heavy atom. The van der Waals surface area contributed by atoms with E-state index < -0.39 is 35.6 Å². The molecule has 10 nitrogen and oxygen atoms in total. The highest BCUT2D eigenvalue weighted by Crippen LogP contribution is 2.60. The maximum atomic E-state index is 13.3. The predicted octanol–water partition coefficient (Wildman–Crippen LogP) is -1.26. The highest BCUT2D eigenvalue weighted by molar-refractivity contribution is 9.09. The highest BCUT2D eigenvalue weighted by Gasteiger charge is 2.76. The maximum absolute atomic E-state index is 13.3. The number of ether oxygens (including phenoxy) is 3. The molecule has 2 amide bonds. The highest BCUT2D eigenvalue weighted by atomic mass is 79.9. The fourth-order valence-electron chi connectivity index (χ4n) is 5.54. The number of amides is 2. The van der Waals surface area contributed by atoms with E-state index in [0.717, 1.165) is 13.1 Å². The van der Waals surface area contributed by atoms with Crippen LogP contribution >= 0.6 is 15.9 Å². The first-order valence-electron chi connectivity index (χ1n) is 10.9. The van der Waals surface area contributed by atoms with Crippen molar-refractivity contribution in [1.82, 2.24) is 15.1 Å². The summed E-state index contributed by atoms with van der Waals surface area (Å²) in [4.78, 5) is 42.8. The average molecular weight is 504 g/mol. The van der Waals surface area contributed by atoms with Crippen molar-refractivity contribution in [3.05, 3.63) is 0 Å². The summed E-state index contributed by atoms with van der Waals surface area (Å²) in [6.45, 7) is 5.75. The second-order valence-corrected chi connectivity index (χ2v) is 9.59. The lowest BCUT2D eigenvalue weighted by atomic mass is 9.70.